The molecular weight excluding hydrogens is 438 g/mol. The van der Waals surface area contributed by atoms with E-state index in [9.17, 15) is 31.5 Å². The quantitative estimate of drug-likeness (QED) is 0.354. The van der Waals surface area contributed by atoms with E-state index in [1.165, 1.54) is 24.3 Å². The number of nitrogens with zero attached hydrogens (tertiary/aromatic N) is 3. The number of alkyl halides is 6. The Morgan fingerprint density at radius 1 is 1.03 bits per heavy atom. The van der Waals surface area contributed by atoms with Crippen molar-refractivity contribution in [1.29, 1.82) is 0 Å². The second kappa shape index (κ2) is 9.49. The number of hydrogen-bond acceptors (Lipinski definition) is 8. The molecule has 0 saturated heterocycles. The molecule has 0 amide bonds. The lowest BCUT2D eigenvalue weighted by molar-refractivity contribution is -0.991. The van der Waals surface area contributed by atoms with Gasteiger partial charge in [-0.3, -0.25) is 0 Å². The summed E-state index contributed by atoms with van der Waals surface area (Å²) in [6.07, 6.45) is -15.1. The number of quaternary nitrogens is 1. The van der Waals surface area contributed by atoms with Gasteiger partial charge in [0.1, 0.15) is 0 Å². The summed E-state index contributed by atoms with van der Waals surface area (Å²) in [7, 11) is 0. The summed E-state index contributed by atoms with van der Waals surface area (Å²) >= 11 is 0. The third-order valence-electron chi connectivity index (χ3n) is 3.81. The molecule has 0 bridgehead atoms. The van der Waals surface area contributed by atoms with Crippen LogP contribution in [-0.2, 0) is 0 Å². The van der Waals surface area contributed by atoms with Crippen molar-refractivity contribution in [3.63, 3.8) is 0 Å². The van der Waals surface area contributed by atoms with E-state index in [1.807, 2.05) is 0 Å². The topological polar surface area (TPSA) is 120 Å². The van der Waals surface area contributed by atoms with E-state index in [0.29, 0.717) is 6.42 Å². The fourth-order valence-electron chi connectivity index (χ4n) is 2.10. The van der Waals surface area contributed by atoms with E-state index in [1.54, 1.807) is 13.8 Å². The van der Waals surface area contributed by atoms with Crippen molar-refractivity contribution in [2.75, 3.05) is 10.6 Å². The van der Waals surface area contributed by atoms with Gasteiger partial charge in [-0.15, -0.1) is 0 Å². The first-order chi connectivity index (χ1) is 14.3. The molecule has 0 aliphatic carbocycles. The Bertz CT molecular complexity index is 848. The van der Waals surface area contributed by atoms with Gasteiger partial charge in [0, 0.05) is 23.9 Å². The van der Waals surface area contributed by atoms with Crippen molar-refractivity contribution in [2.45, 2.75) is 44.8 Å². The molecule has 15 heteroatoms. The first-order valence-electron chi connectivity index (χ1n) is 8.72. The second-order valence-electron chi connectivity index (χ2n) is 6.31. The molecule has 2 rings (SSSR count). The van der Waals surface area contributed by atoms with Crippen molar-refractivity contribution < 1.29 is 41.5 Å². The molecule has 4 N–H and O–H groups in total. The van der Waals surface area contributed by atoms with Crippen LogP contribution < -0.4 is 20.6 Å². The minimum Gasteiger partial charge on any atom is -0.595 e. The molecule has 1 heterocycles. The predicted molar refractivity (Wildman–Crippen MR) is 95.2 cm³/mol. The summed E-state index contributed by atoms with van der Waals surface area (Å²) in [5, 5.41) is 23.9. The number of nitrogens with one attached hydrogen (secondary N) is 3. The van der Waals surface area contributed by atoms with Gasteiger partial charge in [-0.05, 0) is 25.5 Å². The molecule has 9 nitrogen and oxygen atoms in total. The van der Waals surface area contributed by atoms with Crippen molar-refractivity contribution in [2.24, 2.45) is 0 Å². The van der Waals surface area contributed by atoms with Gasteiger partial charge in [-0.25, -0.2) is 5.21 Å². The van der Waals surface area contributed by atoms with E-state index in [2.05, 4.69) is 30.3 Å². The number of aromatic nitrogens is 3. The number of anilines is 3. The molecule has 1 aromatic carbocycles. The van der Waals surface area contributed by atoms with Crippen LogP contribution in [0.3, 0.4) is 0 Å². The van der Waals surface area contributed by atoms with Crippen LogP contribution in [0.4, 0.5) is 49.6 Å². The van der Waals surface area contributed by atoms with E-state index < -0.39 is 35.6 Å². The maximum absolute atomic E-state index is 12.8. The molecule has 31 heavy (non-hydrogen) atoms. The highest BCUT2D eigenvalue weighted by Crippen LogP contribution is 2.36. The molecule has 0 fully saturated rings. The van der Waals surface area contributed by atoms with Crippen LogP contribution >= 0.6 is 0 Å². The lowest BCUT2D eigenvalue weighted by Gasteiger charge is -2.23. The molecule has 2 aromatic rings. The monoisotopic (exact) mass is 456 g/mol. The van der Waals surface area contributed by atoms with Gasteiger partial charge in [0.25, 0.3) is 6.10 Å². The first-order valence-corrected chi connectivity index (χ1v) is 8.72. The van der Waals surface area contributed by atoms with Crippen LogP contribution in [-0.4, -0.2) is 44.7 Å². The fraction of sp³-hybridized carbons (Fsp3) is 0.438. The average molecular weight is 456 g/mol. The Morgan fingerprint density at radius 3 is 2.06 bits per heavy atom. The van der Waals surface area contributed by atoms with E-state index in [-0.39, 0.29) is 23.4 Å². The summed E-state index contributed by atoms with van der Waals surface area (Å²) in [5.74, 6) is -0.728. The molecule has 0 aliphatic rings. The molecule has 0 saturated carbocycles. The van der Waals surface area contributed by atoms with Gasteiger partial charge in [0.15, 0.2) is 5.69 Å². The maximum atomic E-state index is 12.8. The number of rotatable bonds is 8. The van der Waals surface area contributed by atoms with E-state index in [4.69, 9.17) is 5.21 Å². The number of benzene rings is 1. The van der Waals surface area contributed by atoms with Crippen molar-refractivity contribution in [1.82, 2.24) is 15.0 Å². The highest BCUT2D eigenvalue weighted by atomic mass is 19.4. The van der Waals surface area contributed by atoms with Crippen LogP contribution in [0.1, 0.15) is 20.3 Å². The third-order valence-corrected chi connectivity index (χ3v) is 3.81. The lowest BCUT2D eigenvalue weighted by atomic mass is 10.3. The molecule has 1 unspecified atom stereocenters. The average Bonchev–Trinajstić information content (AvgIpc) is 2.64. The van der Waals surface area contributed by atoms with Gasteiger partial charge in [-0.1, -0.05) is 6.92 Å². The Morgan fingerprint density at radius 2 is 1.58 bits per heavy atom. The summed E-state index contributed by atoms with van der Waals surface area (Å²) in [6, 6.07) is 3.60. The van der Waals surface area contributed by atoms with Crippen molar-refractivity contribution in [3.8, 4) is 6.01 Å². The largest absolute Gasteiger partial charge is 0.595 e. The van der Waals surface area contributed by atoms with Crippen LogP contribution in [0.2, 0.25) is 0 Å². The summed E-state index contributed by atoms with van der Waals surface area (Å²) in [6.45, 7) is 3.47. The predicted octanol–water partition coefficient (Wildman–Crippen LogP) is 3.10. The standard InChI is InChI=1S/C16H18F6N6O3/c1-3-8(2)23-12-25-13(24-9-4-6-10(7-5-9)28(29)30)27-14(26-12)31-11(15(17,18)19)16(20,21)22/h4-8,11,28-29H,3H2,1-2H3,(H2,23,24,25,26,27)/t8-/m1/s1. The van der Waals surface area contributed by atoms with Crippen LogP contribution in [0.15, 0.2) is 24.3 Å². The van der Waals surface area contributed by atoms with E-state index in [0.717, 1.165) is 0 Å². The van der Waals surface area contributed by atoms with Crippen molar-refractivity contribution in [3.05, 3.63) is 29.5 Å². The third kappa shape index (κ3) is 7.08. The van der Waals surface area contributed by atoms with Crippen molar-refractivity contribution >= 4 is 23.3 Å². The van der Waals surface area contributed by atoms with Gasteiger partial charge < -0.3 is 20.6 Å². The summed E-state index contributed by atoms with van der Waals surface area (Å²) < 4.78 is 81.0. The minimum atomic E-state index is -5.75. The molecule has 1 aromatic heterocycles. The van der Waals surface area contributed by atoms with Gasteiger partial charge in [0.2, 0.25) is 11.9 Å². The molecule has 0 radical (unpaired) electrons. The molecular formula is C16H18F6N6O3. The Kier molecular flexibility index (Phi) is 7.45. The summed E-state index contributed by atoms with van der Waals surface area (Å²) in [5.41, 5.74) is 0.183. The van der Waals surface area contributed by atoms with Crippen LogP contribution in [0.25, 0.3) is 0 Å². The zero-order valence-electron chi connectivity index (χ0n) is 16.0. The van der Waals surface area contributed by atoms with Gasteiger partial charge in [0.05, 0.1) is 0 Å². The molecule has 2 atom stereocenters. The SMILES string of the molecule is CC[C@@H](C)Nc1nc(Nc2ccc([NH+]([O-])O)cc2)nc(OC(C(F)(F)F)C(F)(F)F)n1. The molecule has 172 valence electrons. The number of halogens is 6. The second-order valence-corrected chi connectivity index (χ2v) is 6.31. The van der Waals surface area contributed by atoms with Crippen LogP contribution in [0, 0.1) is 5.21 Å². The first kappa shape index (κ1) is 24.4. The van der Waals surface area contributed by atoms with Gasteiger partial charge >= 0.3 is 18.4 Å². The normalized spacial score (nSPS) is 14.3. The van der Waals surface area contributed by atoms with Gasteiger partial charge in [-0.2, -0.15) is 46.5 Å². The lowest BCUT2D eigenvalue weighted by Crippen LogP contribution is -2.99. The Balaban J connectivity index is 2.38. The summed E-state index contributed by atoms with van der Waals surface area (Å²) in [4.78, 5) is 10.9. The molecule has 0 spiro atoms. The highest BCUT2D eigenvalue weighted by molar-refractivity contribution is 5.56. The Labute approximate surface area is 171 Å². The zero-order chi connectivity index (χ0) is 23.4. The minimum absolute atomic E-state index is 0.0393. The number of hydrogen-bond donors (Lipinski definition) is 4. The number of ether oxygens (including phenoxy) is 1. The fourth-order valence-corrected chi connectivity index (χ4v) is 2.10. The van der Waals surface area contributed by atoms with E-state index >= 15 is 0 Å². The highest BCUT2D eigenvalue weighted by Gasteiger charge is 2.59. The molecule has 0 aliphatic heterocycles. The smallest absolute Gasteiger partial charge is 0.434 e. The Hall–Kier alpha value is -2.91. The maximum Gasteiger partial charge on any atom is 0.434 e. The zero-order valence-corrected chi connectivity index (χ0v) is 16.0. The van der Waals surface area contributed by atoms with Crippen LogP contribution in [0.5, 0.6) is 6.01 Å².